The van der Waals surface area contributed by atoms with E-state index in [-0.39, 0.29) is 17.2 Å². The van der Waals surface area contributed by atoms with Crippen molar-refractivity contribution in [1.82, 2.24) is 15.2 Å². The van der Waals surface area contributed by atoms with Crippen LogP contribution in [0.15, 0.2) is 30.5 Å². The van der Waals surface area contributed by atoms with Gasteiger partial charge in [-0.25, -0.2) is 9.37 Å². The molecule has 0 atom stereocenters. The standard InChI is InChI=1S/C16H13F4N3/c1-8(2)11-6-14(12-7-21-23-15(12)16(18,19)20)22-13-5-9(17)3-4-10(11)13/h3-8H,1-2H3,(H,21,23). The molecule has 3 aromatic rings. The van der Waals surface area contributed by atoms with E-state index in [4.69, 9.17) is 0 Å². The van der Waals surface area contributed by atoms with Gasteiger partial charge in [-0.2, -0.15) is 18.3 Å². The van der Waals surface area contributed by atoms with E-state index in [0.29, 0.717) is 5.52 Å². The first kappa shape index (κ1) is 15.5. The van der Waals surface area contributed by atoms with E-state index < -0.39 is 17.7 Å². The fourth-order valence-corrected chi connectivity index (χ4v) is 2.54. The Bertz CT molecular complexity index is 865. The van der Waals surface area contributed by atoms with Gasteiger partial charge < -0.3 is 0 Å². The highest BCUT2D eigenvalue weighted by Crippen LogP contribution is 2.36. The highest BCUT2D eigenvalue weighted by molar-refractivity contribution is 5.86. The summed E-state index contributed by atoms with van der Waals surface area (Å²) in [7, 11) is 0. The van der Waals surface area contributed by atoms with Crippen molar-refractivity contribution in [3.8, 4) is 11.3 Å². The molecular formula is C16H13F4N3. The summed E-state index contributed by atoms with van der Waals surface area (Å²) in [5, 5.41) is 6.17. The first-order valence-corrected chi connectivity index (χ1v) is 6.98. The van der Waals surface area contributed by atoms with Gasteiger partial charge in [-0.15, -0.1) is 0 Å². The van der Waals surface area contributed by atoms with E-state index >= 15 is 0 Å². The number of hydrogen-bond donors (Lipinski definition) is 1. The highest BCUT2D eigenvalue weighted by Gasteiger charge is 2.36. The van der Waals surface area contributed by atoms with Crippen LogP contribution in [0.25, 0.3) is 22.2 Å². The van der Waals surface area contributed by atoms with Gasteiger partial charge in [0.25, 0.3) is 0 Å². The molecule has 120 valence electrons. The quantitative estimate of drug-likeness (QED) is 0.681. The number of H-pyrrole nitrogens is 1. The maximum absolute atomic E-state index is 13.5. The predicted molar refractivity (Wildman–Crippen MR) is 78.4 cm³/mol. The van der Waals surface area contributed by atoms with E-state index in [0.717, 1.165) is 17.1 Å². The number of aromatic nitrogens is 3. The van der Waals surface area contributed by atoms with Gasteiger partial charge in [-0.3, -0.25) is 5.10 Å². The molecule has 0 aliphatic carbocycles. The third-order valence-electron chi connectivity index (χ3n) is 3.62. The maximum atomic E-state index is 13.5. The summed E-state index contributed by atoms with van der Waals surface area (Å²) >= 11 is 0. The summed E-state index contributed by atoms with van der Waals surface area (Å²) in [4.78, 5) is 4.20. The number of rotatable bonds is 2. The monoisotopic (exact) mass is 323 g/mol. The Kier molecular flexibility index (Phi) is 3.58. The molecule has 3 rings (SSSR count). The van der Waals surface area contributed by atoms with Crippen molar-refractivity contribution in [3.05, 3.63) is 47.5 Å². The molecule has 23 heavy (non-hydrogen) atoms. The molecule has 0 saturated carbocycles. The number of alkyl halides is 3. The van der Waals surface area contributed by atoms with Crippen LogP contribution in [0.1, 0.15) is 31.0 Å². The van der Waals surface area contributed by atoms with E-state index in [9.17, 15) is 17.6 Å². The maximum Gasteiger partial charge on any atom is 0.433 e. The lowest BCUT2D eigenvalue weighted by Crippen LogP contribution is -2.08. The predicted octanol–water partition coefficient (Wildman–Crippen LogP) is 4.91. The average molecular weight is 323 g/mol. The minimum absolute atomic E-state index is 0.0472. The van der Waals surface area contributed by atoms with Crippen molar-refractivity contribution in [2.75, 3.05) is 0 Å². The Labute approximate surface area is 129 Å². The zero-order chi connectivity index (χ0) is 16.8. The number of pyridine rings is 1. The van der Waals surface area contributed by atoms with Crippen LogP contribution < -0.4 is 0 Å². The van der Waals surface area contributed by atoms with Gasteiger partial charge in [0.1, 0.15) is 11.5 Å². The van der Waals surface area contributed by atoms with Crippen molar-refractivity contribution >= 4 is 10.9 Å². The summed E-state index contributed by atoms with van der Waals surface area (Å²) < 4.78 is 52.6. The number of aromatic amines is 1. The molecule has 0 unspecified atom stereocenters. The summed E-state index contributed by atoms with van der Waals surface area (Å²) in [5.74, 6) is -0.439. The Morgan fingerprint density at radius 2 is 1.87 bits per heavy atom. The van der Waals surface area contributed by atoms with Crippen LogP contribution in [0.2, 0.25) is 0 Å². The molecule has 0 amide bonds. The molecule has 0 radical (unpaired) electrons. The van der Waals surface area contributed by atoms with Crippen LogP contribution in [0, 0.1) is 5.82 Å². The third-order valence-corrected chi connectivity index (χ3v) is 3.62. The molecule has 0 aliphatic heterocycles. The van der Waals surface area contributed by atoms with E-state index in [2.05, 4.69) is 10.1 Å². The van der Waals surface area contributed by atoms with Crippen LogP contribution in [-0.2, 0) is 6.18 Å². The fourth-order valence-electron chi connectivity index (χ4n) is 2.54. The van der Waals surface area contributed by atoms with Gasteiger partial charge in [0, 0.05) is 11.5 Å². The van der Waals surface area contributed by atoms with Gasteiger partial charge in [-0.1, -0.05) is 13.8 Å². The lowest BCUT2D eigenvalue weighted by Gasteiger charge is -2.13. The normalized spacial score (nSPS) is 12.3. The van der Waals surface area contributed by atoms with Crippen LogP contribution >= 0.6 is 0 Å². The van der Waals surface area contributed by atoms with E-state index in [1.165, 1.54) is 12.1 Å². The Morgan fingerprint density at radius 1 is 1.13 bits per heavy atom. The molecule has 0 fully saturated rings. The second kappa shape index (κ2) is 5.33. The number of nitrogens with one attached hydrogen (secondary N) is 1. The van der Waals surface area contributed by atoms with Gasteiger partial charge in [0.2, 0.25) is 0 Å². The molecular weight excluding hydrogens is 310 g/mol. The summed E-state index contributed by atoms with van der Waals surface area (Å²) in [6, 6.07) is 5.73. The highest BCUT2D eigenvalue weighted by atomic mass is 19.4. The first-order chi connectivity index (χ1) is 10.8. The van der Waals surface area contributed by atoms with Crippen molar-refractivity contribution in [2.24, 2.45) is 0 Å². The zero-order valence-electron chi connectivity index (χ0n) is 12.4. The smallest absolute Gasteiger partial charge is 0.273 e. The molecule has 0 bridgehead atoms. The summed E-state index contributed by atoms with van der Waals surface area (Å²) in [6.07, 6.45) is -3.48. The van der Waals surface area contributed by atoms with Crippen molar-refractivity contribution in [2.45, 2.75) is 25.9 Å². The number of benzene rings is 1. The molecule has 0 spiro atoms. The number of hydrogen-bond acceptors (Lipinski definition) is 2. The molecule has 1 aromatic carbocycles. The zero-order valence-corrected chi connectivity index (χ0v) is 12.4. The molecule has 0 aliphatic rings. The Balaban J connectivity index is 2.29. The Hall–Kier alpha value is -2.44. The number of halogens is 4. The molecule has 7 heteroatoms. The fraction of sp³-hybridized carbons (Fsp3) is 0.250. The molecule has 0 saturated heterocycles. The third kappa shape index (κ3) is 2.78. The lowest BCUT2D eigenvalue weighted by molar-refractivity contribution is -0.140. The summed E-state index contributed by atoms with van der Waals surface area (Å²) in [6.45, 7) is 3.84. The topological polar surface area (TPSA) is 41.6 Å². The van der Waals surface area contributed by atoms with Crippen LogP contribution in [0.4, 0.5) is 17.6 Å². The van der Waals surface area contributed by atoms with Gasteiger partial charge in [-0.05, 0) is 29.7 Å². The van der Waals surface area contributed by atoms with E-state index in [1.807, 2.05) is 18.9 Å². The average Bonchev–Trinajstić information content (AvgIpc) is 2.95. The lowest BCUT2D eigenvalue weighted by atomic mass is 9.96. The molecule has 1 N–H and O–H groups in total. The van der Waals surface area contributed by atoms with Gasteiger partial charge in [0.15, 0.2) is 0 Å². The largest absolute Gasteiger partial charge is 0.433 e. The van der Waals surface area contributed by atoms with Crippen LogP contribution in [0.5, 0.6) is 0 Å². The minimum Gasteiger partial charge on any atom is -0.273 e. The molecule has 2 aromatic heterocycles. The Morgan fingerprint density at radius 3 is 2.52 bits per heavy atom. The van der Waals surface area contributed by atoms with Crippen molar-refractivity contribution in [1.29, 1.82) is 0 Å². The SMILES string of the molecule is CC(C)c1cc(-c2cn[nH]c2C(F)(F)F)nc2cc(F)ccc12. The van der Waals surface area contributed by atoms with Gasteiger partial charge in [0.05, 0.1) is 23.0 Å². The van der Waals surface area contributed by atoms with E-state index in [1.54, 1.807) is 12.1 Å². The number of nitrogens with zero attached hydrogens (tertiary/aromatic N) is 2. The minimum atomic E-state index is -4.57. The number of fused-ring (bicyclic) bond motifs is 1. The second-order valence-electron chi connectivity index (χ2n) is 5.57. The van der Waals surface area contributed by atoms with Gasteiger partial charge >= 0.3 is 6.18 Å². The van der Waals surface area contributed by atoms with Crippen LogP contribution in [0.3, 0.4) is 0 Å². The summed E-state index contributed by atoms with van der Waals surface area (Å²) in [5.41, 5.74) is 0.133. The van der Waals surface area contributed by atoms with Crippen molar-refractivity contribution in [3.63, 3.8) is 0 Å². The molecule has 2 heterocycles. The van der Waals surface area contributed by atoms with Crippen molar-refractivity contribution < 1.29 is 17.6 Å². The molecule has 3 nitrogen and oxygen atoms in total. The second-order valence-corrected chi connectivity index (χ2v) is 5.57. The first-order valence-electron chi connectivity index (χ1n) is 6.98. The van der Waals surface area contributed by atoms with Crippen LogP contribution in [-0.4, -0.2) is 15.2 Å².